The van der Waals surface area contributed by atoms with Gasteiger partial charge in [0.2, 0.25) is 5.91 Å². The van der Waals surface area contributed by atoms with Crippen LogP contribution in [-0.4, -0.2) is 52.7 Å². The second kappa shape index (κ2) is 6.82. The van der Waals surface area contributed by atoms with E-state index in [0.717, 1.165) is 11.5 Å². The Morgan fingerprint density at radius 3 is 3.13 bits per heavy atom. The molecule has 1 unspecified atom stereocenters. The Morgan fingerprint density at radius 2 is 2.43 bits per heavy atom. The number of carbonyl (C=O) groups is 1. The number of imidazole rings is 1. The Kier molecular flexibility index (Phi) is 4.61. The highest BCUT2D eigenvalue weighted by molar-refractivity contribution is 5.76. The molecule has 1 aliphatic heterocycles. The Hall–Kier alpha value is -2.35. The number of H-pyrrole nitrogens is 1. The molecule has 1 N–H and O–H groups in total. The number of rotatable bonds is 5. The number of methoxy groups -OCH3 is 1. The molecule has 1 amide bonds. The first kappa shape index (κ1) is 15.5. The van der Waals surface area contributed by atoms with Crippen molar-refractivity contribution in [3.63, 3.8) is 0 Å². The van der Waals surface area contributed by atoms with Crippen LogP contribution >= 0.6 is 0 Å². The maximum atomic E-state index is 12.4. The number of aryl methyl sites for hydroxylation is 2. The molecular formula is C15H20N4O4. The molecule has 0 bridgehead atoms. The van der Waals surface area contributed by atoms with Crippen LogP contribution in [0.4, 0.5) is 0 Å². The summed E-state index contributed by atoms with van der Waals surface area (Å²) in [6, 6.07) is 1.70. The van der Waals surface area contributed by atoms with Gasteiger partial charge in [0.1, 0.15) is 17.7 Å². The molecule has 124 valence electrons. The number of ether oxygens (including phenoxy) is 2. The number of aromatic nitrogens is 3. The fourth-order valence-electron chi connectivity index (χ4n) is 2.53. The van der Waals surface area contributed by atoms with E-state index in [2.05, 4.69) is 15.1 Å². The molecule has 1 atom stereocenters. The minimum atomic E-state index is -0.202. The van der Waals surface area contributed by atoms with Gasteiger partial charge in [0, 0.05) is 37.3 Å². The van der Waals surface area contributed by atoms with Crippen LogP contribution in [0.5, 0.6) is 5.88 Å². The van der Waals surface area contributed by atoms with Gasteiger partial charge < -0.3 is 23.9 Å². The van der Waals surface area contributed by atoms with Gasteiger partial charge in [-0.05, 0) is 12.1 Å². The summed E-state index contributed by atoms with van der Waals surface area (Å²) in [6.45, 7) is 3.54. The zero-order valence-corrected chi connectivity index (χ0v) is 13.2. The van der Waals surface area contributed by atoms with Gasteiger partial charge in [0.15, 0.2) is 0 Å². The molecule has 8 nitrogen and oxygen atoms in total. The van der Waals surface area contributed by atoms with Crippen molar-refractivity contribution in [2.45, 2.75) is 25.9 Å². The summed E-state index contributed by atoms with van der Waals surface area (Å²) in [5.41, 5.74) is 0.978. The Morgan fingerprint density at radius 1 is 1.57 bits per heavy atom. The molecule has 8 heteroatoms. The first-order valence-electron chi connectivity index (χ1n) is 7.56. The van der Waals surface area contributed by atoms with E-state index in [1.165, 1.54) is 7.11 Å². The van der Waals surface area contributed by atoms with Crippen LogP contribution in [0.25, 0.3) is 0 Å². The van der Waals surface area contributed by atoms with Gasteiger partial charge in [0.25, 0.3) is 5.88 Å². The third kappa shape index (κ3) is 3.70. The van der Waals surface area contributed by atoms with Crippen LogP contribution < -0.4 is 4.74 Å². The van der Waals surface area contributed by atoms with Gasteiger partial charge in [-0.25, -0.2) is 4.98 Å². The van der Waals surface area contributed by atoms with E-state index in [4.69, 9.17) is 14.0 Å². The smallest absolute Gasteiger partial charge is 0.254 e. The molecule has 3 rings (SSSR count). The van der Waals surface area contributed by atoms with Crippen LogP contribution in [0.15, 0.2) is 16.8 Å². The van der Waals surface area contributed by atoms with Crippen LogP contribution in [0.1, 0.15) is 29.8 Å². The molecule has 23 heavy (non-hydrogen) atoms. The minimum Gasteiger partial charge on any atom is -0.479 e. The van der Waals surface area contributed by atoms with Crippen molar-refractivity contribution in [2.75, 3.05) is 26.8 Å². The normalized spacial score (nSPS) is 18.2. The molecule has 0 aliphatic carbocycles. The first-order chi connectivity index (χ1) is 11.2. The summed E-state index contributed by atoms with van der Waals surface area (Å²) in [7, 11) is 1.52. The maximum absolute atomic E-state index is 12.4. The lowest BCUT2D eigenvalue weighted by molar-refractivity contribution is -0.139. The van der Waals surface area contributed by atoms with Crippen molar-refractivity contribution in [2.24, 2.45) is 0 Å². The minimum absolute atomic E-state index is 0.0666. The summed E-state index contributed by atoms with van der Waals surface area (Å²) in [6.07, 6.45) is 2.42. The summed E-state index contributed by atoms with van der Waals surface area (Å²) < 4.78 is 15.8. The number of aromatic amines is 1. The molecule has 0 spiro atoms. The average molecular weight is 320 g/mol. The van der Waals surface area contributed by atoms with Crippen molar-refractivity contribution < 1.29 is 18.8 Å². The van der Waals surface area contributed by atoms with E-state index < -0.39 is 0 Å². The van der Waals surface area contributed by atoms with Crippen LogP contribution in [-0.2, 0) is 16.0 Å². The standard InChI is InChI=1S/C15H20N4O4/c1-10-8-16-15(17-10)12-9-19(5-6-22-12)14(20)4-3-11-7-13(21-2)18-23-11/h7-8,12H,3-6,9H2,1-2H3,(H,16,17). The second-order valence-corrected chi connectivity index (χ2v) is 5.49. The molecule has 0 saturated carbocycles. The molecule has 1 saturated heterocycles. The summed E-state index contributed by atoms with van der Waals surface area (Å²) in [4.78, 5) is 21.6. The predicted molar refractivity (Wildman–Crippen MR) is 80.0 cm³/mol. The molecule has 0 radical (unpaired) electrons. The van der Waals surface area contributed by atoms with E-state index in [9.17, 15) is 4.79 Å². The molecular weight excluding hydrogens is 300 g/mol. The van der Waals surface area contributed by atoms with Crippen molar-refractivity contribution >= 4 is 5.91 Å². The molecule has 0 aromatic carbocycles. The molecule has 2 aromatic rings. The summed E-state index contributed by atoms with van der Waals surface area (Å²) in [5, 5.41) is 3.72. The lowest BCUT2D eigenvalue weighted by Crippen LogP contribution is -2.42. The van der Waals surface area contributed by atoms with E-state index in [1.54, 1.807) is 17.2 Å². The highest BCUT2D eigenvalue weighted by atomic mass is 16.5. The Bertz CT molecular complexity index is 666. The monoisotopic (exact) mass is 320 g/mol. The van der Waals surface area contributed by atoms with E-state index in [-0.39, 0.29) is 12.0 Å². The quantitative estimate of drug-likeness (QED) is 0.891. The van der Waals surface area contributed by atoms with Gasteiger partial charge in [-0.2, -0.15) is 0 Å². The topological polar surface area (TPSA) is 93.5 Å². The largest absolute Gasteiger partial charge is 0.479 e. The number of hydrogen-bond acceptors (Lipinski definition) is 6. The molecule has 3 heterocycles. The molecule has 1 aliphatic rings. The third-order valence-corrected chi connectivity index (χ3v) is 3.78. The third-order valence-electron chi connectivity index (χ3n) is 3.78. The van der Waals surface area contributed by atoms with Crippen molar-refractivity contribution in [1.29, 1.82) is 0 Å². The van der Waals surface area contributed by atoms with Crippen LogP contribution in [0.2, 0.25) is 0 Å². The summed E-state index contributed by atoms with van der Waals surface area (Å²) in [5.74, 6) is 1.89. The first-order valence-corrected chi connectivity index (χ1v) is 7.56. The number of nitrogens with one attached hydrogen (secondary N) is 1. The fraction of sp³-hybridized carbons (Fsp3) is 0.533. The zero-order chi connectivity index (χ0) is 16.2. The van der Waals surface area contributed by atoms with Crippen LogP contribution in [0.3, 0.4) is 0 Å². The van der Waals surface area contributed by atoms with Gasteiger partial charge in [0.05, 0.1) is 20.3 Å². The number of nitrogens with zero attached hydrogens (tertiary/aromatic N) is 3. The lowest BCUT2D eigenvalue weighted by atomic mass is 10.2. The Labute approximate surface area is 133 Å². The maximum Gasteiger partial charge on any atom is 0.254 e. The molecule has 2 aromatic heterocycles. The highest BCUT2D eigenvalue weighted by Crippen LogP contribution is 2.21. The molecule has 1 fully saturated rings. The van der Waals surface area contributed by atoms with Crippen molar-refractivity contribution in [3.05, 3.63) is 29.5 Å². The highest BCUT2D eigenvalue weighted by Gasteiger charge is 2.27. The lowest BCUT2D eigenvalue weighted by Gasteiger charge is -2.32. The number of morpholine rings is 1. The van der Waals surface area contributed by atoms with E-state index >= 15 is 0 Å². The van der Waals surface area contributed by atoms with Crippen molar-refractivity contribution in [1.82, 2.24) is 20.0 Å². The van der Waals surface area contributed by atoms with Crippen molar-refractivity contribution in [3.8, 4) is 5.88 Å². The summed E-state index contributed by atoms with van der Waals surface area (Å²) >= 11 is 0. The predicted octanol–water partition coefficient (Wildman–Crippen LogP) is 1.25. The number of carbonyl (C=O) groups excluding carboxylic acids is 1. The number of amides is 1. The van der Waals surface area contributed by atoms with Gasteiger partial charge >= 0.3 is 0 Å². The van der Waals surface area contributed by atoms with Gasteiger partial charge in [-0.3, -0.25) is 4.79 Å². The number of hydrogen-bond donors (Lipinski definition) is 1. The average Bonchev–Trinajstić information content (AvgIpc) is 3.21. The Balaban J connectivity index is 1.54. The van der Waals surface area contributed by atoms with Crippen LogP contribution in [0, 0.1) is 6.92 Å². The second-order valence-electron chi connectivity index (χ2n) is 5.49. The van der Waals surface area contributed by atoms with E-state index in [1.807, 2.05) is 6.92 Å². The van der Waals surface area contributed by atoms with Gasteiger partial charge in [-0.15, -0.1) is 0 Å². The fourth-order valence-corrected chi connectivity index (χ4v) is 2.53. The van der Waals surface area contributed by atoms with Gasteiger partial charge in [-0.1, -0.05) is 0 Å². The SMILES string of the molecule is COc1cc(CCC(=O)N2CCOC(c3ncc(C)[nH]3)C2)on1. The zero-order valence-electron chi connectivity index (χ0n) is 13.2. The van der Waals surface area contributed by atoms with E-state index in [0.29, 0.717) is 44.2 Å².